The van der Waals surface area contributed by atoms with Crippen molar-refractivity contribution in [1.29, 1.82) is 0 Å². The van der Waals surface area contributed by atoms with Crippen molar-refractivity contribution in [1.82, 2.24) is 15.2 Å². The molecule has 1 aromatic carbocycles. The number of alkyl halides is 1. The maximum atomic E-state index is 11.7. The van der Waals surface area contributed by atoms with Gasteiger partial charge in [0.05, 0.1) is 0 Å². The minimum atomic E-state index is -0.238. The minimum Gasteiger partial charge on any atom is -0.291 e. The van der Waals surface area contributed by atoms with Crippen LogP contribution in [0.1, 0.15) is 15.9 Å². The molecule has 0 bridgehead atoms. The first-order valence-electron chi connectivity index (χ1n) is 4.61. The highest BCUT2D eigenvalue weighted by atomic mass is 35.5. The van der Waals surface area contributed by atoms with Gasteiger partial charge in [-0.2, -0.15) is 10.1 Å². The second-order valence-corrected chi connectivity index (χ2v) is 3.39. The van der Waals surface area contributed by atoms with E-state index in [2.05, 4.69) is 20.5 Å². The molecule has 2 N–H and O–H groups in total. The van der Waals surface area contributed by atoms with Crippen LogP contribution in [0.25, 0.3) is 0 Å². The summed E-state index contributed by atoms with van der Waals surface area (Å²) in [5, 5.41) is 8.75. The van der Waals surface area contributed by atoms with E-state index < -0.39 is 0 Å². The molecule has 0 atom stereocenters. The molecule has 82 valence electrons. The molecule has 0 aliphatic heterocycles. The Hall–Kier alpha value is -1.88. The number of halogens is 1. The number of nitrogens with one attached hydrogen (secondary N) is 2. The van der Waals surface area contributed by atoms with Gasteiger partial charge in [-0.25, -0.2) is 5.10 Å². The fraction of sp³-hybridized carbons (Fsp3) is 0.100. The minimum absolute atomic E-state index is 0.238. The van der Waals surface area contributed by atoms with E-state index in [1.54, 1.807) is 12.1 Å². The molecule has 0 saturated carbocycles. The highest BCUT2D eigenvalue weighted by molar-refractivity contribution is 6.17. The van der Waals surface area contributed by atoms with Crippen LogP contribution in [-0.4, -0.2) is 21.1 Å². The van der Waals surface area contributed by atoms with Gasteiger partial charge in [-0.15, -0.1) is 11.6 Å². The summed E-state index contributed by atoms with van der Waals surface area (Å²) in [5.41, 5.74) is 1.52. The zero-order valence-electron chi connectivity index (χ0n) is 8.27. The normalized spacial score (nSPS) is 10.1. The predicted molar refractivity (Wildman–Crippen MR) is 60.3 cm³/mol. The highest BCUT2D eigenvalue weighted by Gasteiger charge is 2.06. The van der Waals surface area contributed by atoms with Gasteiger partial charge in [0.25, 0.3) is 5.91 Å². The summed E-state index contributed by atoms with van der Waals surface area (Å²) in [6.07, 6.45) is 1.33. The van der Waals surface area contributed by atoms with Crippen LogP contribution in [0.2, 0.25) is 0 Å². The van der Waals surface area contributed by atoms with E-state index in [0.717, 1.165) is 5.56 Å². The van der Waals surface area contributed by atoms with Gasteiger partial charge in [0.1, 0.15) is 6.33 Å². The van der Waals surface area contributed by atoms with Crippen molar-refractivity contribution in [2.75, 3.05) is 5.32 Å². The second kappa shape index (κ2) is 4.76. The molecule has 0 aliphatic carbocycles. The Kier molecular flexibility index (Phi) is 3.16. The topological polar surface area (TPSA) is 70.7 Å². The summed E-state index contributed by atoms with van der Waals surface area (Å²) in [4.78, 5) is 15.5. The maximum absolute atomic E-state index is 11.7. The Morgan fingerprint density at radius 1 is 1.38 bits per heavy atom. The molecule has 1 heterocycles. The monoisotopic (exact) mass is 236 g/mol. The van der Waals surface area contributed by atoms with Gasteiger partial charge in [-0.1, -0.05) is 12.1 Å². The standard InChI is InChI=1S/C10H9ClN4O/c11-5-7-1-3-8(4-2-7)9(16)14-10-12-6-13-15-10/h1-4,6H,5H2,(H2,12,13,14,15,16). The number of amides is 1. The highest BCUT2D eigenvalue weighted by Crippen LogP contribution is 2.08. The summed E-state index contributed by atoms with van der Waals surface area (Å²) in [7, 11) is 0. The van der Waals surface area contributed by atoms with Crippen LogP contribution < -0.4 is 5.32 Å². The number of carbonyl (C=O) groups is 1. The molecule has 5 nitrogen and oxygen atoms in total. The van der Waals surface area contributed by atoms with E-state index in [4.69, 9.17) is 11.6 Å². The molecular formula is C10H9ClN4O. The first-order valence-corrected chi connectivity index (χ1v) is 5.14. The van der Waals surface area contributed by atoms with Crippen LogP contribution in [0.5, 0.6) is 0 Å². The molecular weight excluding hydrogens is 228 g/mol. The number of carbonyl (C=O) groups excluding carboxylic acids is 1. The van der Waals surface area contributed by atoms with Crippen LogP contribution in [0, 0.1) is 0 Å². The predicted octanol–water partition coefficient (Wildman–Crippen LogP) is 1.80. The third-order valence-electron chi connectivity index (χ3n) is 2.02. The Morgan fingerprint density at radius 3 is 2.69 bits per heavy atom. The number of benzene rings is 1. The number of H-pyrrole nitrogens is 1. The molecule has 0 aliphatic rings. The van der Waals surface area contributed by atoms with Crippen molar-refractivity contribution in [3.63, 3.8) is 0 Å². The largest absolute Gasteiger partial charge is 0.291 e. The average molecular weight is 237 g/mol. The number of aromatic amines is 1. The van der Waals surface area contributed by atoms with Crippen molar-refractivity contribution in [3.8, 4) is 0 Å². The van der Waals surface area contributed by atoms with Crippen molar-refractivity contribution >= 4 is 23.5 Å². The van der Waals surface area contributed by atoms with Gasteiger partial charge in [-0.05, 0) is 17.7 Å². The second-order valence-electron chi connectivity index (χ2n) is 3.12. The molecule has 0 saturated heterocycles. The fourth-order valence-electron chi connectivity index (χ4n) is 1.19. The lowest BCUT2D eigenvalue weighted by molar-refractivity contribution is 0.102. The molecule has 0 radical (unpaired) electrons. The van der Waals surface area contributed by atoms with Crippen molar-refractivity contribution in [2.24, 2.45) is 0 Å². The van der Waals surface area contributed by atoms with E-state index in [1.165, 1.54) is 6.33 Å². The van der Waals surface area contributed by atoms with E-state index in [1.807, 2.05) is 12.1 Å². The lowest BCUT2D eigenvalue weighted by Crippen LogP contribution is -2.12. The quantitative estimate of drug-likeness (QED) is 0.799. The number of aromatic nitrogens is 3. The Labute approximate surface area is 96.8 Å². The van der Waals surface area contributed by atoms with Crippen LogP contribution in [0.3, 0.4) is 0 Å². The van der Waals surface area contributed by atoms with E-state index in [0.29, 0.717) is 17.4 Å². The van der Waals surface area contributed by atoms with Gasteiger partial charge in [0.15, 0.2) is 0 Å². The van der Waals surface area contributed by atoms with Gasteiger partial charge < -0.3 is 0 Å². The van der Waals surface area contributed by atoms with Gasteiger partial charge >= 0.3 is 0 Å². The number of anilines is 1. The van der Waals surface area contributed by atoms with Crippen molar-refractivity contribution in [3.05, 3.63) is 41.7 Å². The Balaban J connectivity index is 2.09. The zero-order valence-corrected chi connectivity index (χ0v) is 9.03. The molecule has 0 fully saturated rings. The zero-order chi connectivity index (χ0) is 11.4. The molecule has 0 unspecified atom stereocenters. The number of hydrogen-bond acceptors (Lipinski definition) is 3. The first kappa shape index (κ1) is 10.6. The van der Waals surface area contributed by atoms with Crippen LogP contribution in [0.15, 0.2) is 30.6 Å². The maximum Gasteiger partial charge on any atom is 0.258 e. The van der Waals surface area contributed by atoms with Crippen LogP contribution in [0.4, 0.5) is 5.95 Å². The van der Waals surface area contributed by atoms with Gasteiger partial charge in [-0.3, -0.25) is 10.1 Å². The lowest BCUT2D eigenvalue weighted by Gasteiger charge is -2.02. The first-order chi connectivity index (χ1) is 7.79. The molecule has 1 amide bonds. The van der Waals surface area contributed by atoms with E-state index in [9.17, 15) is 4.79 Å². The number of rotatable bonds is 3. The van der Waals surface area contributed by atoms with Gasteiger partial charge in [0.2, 0.25) is 5.95 Å². The third kappa shape index (κ3) is 2.38. The van der Waals surface area contributed by atoms with Crippen LogP contribution in [-0.2, 0) is 5.88 Å². The average Bonchev–Trinajstić information content (AvgIpc) is 2.82. The summed E-state index contributed by atoms with van der Waals surface area (Å²) < 4.78 is 0. The van der Waals surface area contributed by atoms with Gasteiger partial charge in [0, 0.05) is 11.4 Å². The van der Waals surface area contributed by atoms with E-state index in [-0.39, 0.29) is 5.91 Å². The lowest BCUT2D eigenvalue weighted by atomic mass is 10.1. The molecule has 1 aromatic heterocycles. The summed E-state index contributed by atoms with van der Waals surface area (Å²) in [6.45, 7) is 0. The molecule has 0 spiro atoms. The summed E-state index contributed by atoms with van der Waals surface area (Å²) in [6, 6.07) is 7.04. The Morgan fingerprint density at radius 2 is 2.12 bits per heavy atom. The number of hydrogen-bond donors (Lipinski definition) is 2. The van der Waals surface area contributed by atoms with Crippen molar-refractivity contribution < 1.29 is 4.79 Å². The molecule has 2 rings (SSSR count). The summed E-state index contributed by atoms with van der Waals surface area (Å²) >= 11 is 5.65. The Bertz CT molecular complexity index is 466. The van der Waals surface area contributed by atoms with E-state index >= 15 is 0 Å². The van der Waals surface area contributed by atoms with Crippen molar-refractivity contribution in [2.45, 2.75) is 5.88 Å². The molecule has 2 aromatic rings. The molecule has 16 heavy (non-hydrogen) atoms. The SMILES string of the molecule is O=C(Nc1ncn[nH]1)c1ccc(CCl)cc1. The fourth-order valence-corrected chi connectivity index (χ4v) is 1.37. The van der Waals surface area contributed by atoms with Crippen LogP contribution >= 0.6 is 11.6 Å². The summed E-state index contributed by atoms with van der Waals surface area (Å²) in [5.74, 6) is 0.522. The third-order valence-corrected chi connectivity index (χ3v) is 2.33. The smallest absolute Gasteiger partial charge is 0.258 e. The number of nitrogens with zero attached hydrogens (tertiary/aromatic N) is 2. The molecule has 6 heteroatoms.